The molecule has 9 nitrogen and oxygen atoms in total. The van der Waals surface area contributed by atoms with Gasteiger partial charge in [-0.1, -0.05) is 0 Å². The molecular formula is C20H24FN3O6S2. The second-order valence-electron chi connectivity index (χ2n) is 8.21. The minimum absolute atomic E-state index is 0.101. The van der Waals surface area contributed by atoms with Crippen molar-refractivity contribution in [3.8, 4) is 5.75 Å². The summed E-state index contributed by atoms with van der Waals surface area (Å²) in [6.07, 6.45) is -0.128. The van der Waals surface area contributed by atoms with Crippen molar-refractivity contribution in [1.29, 1.82) is 0 Å². The first-order valence-corrected chi connectivity index (χ1v) is 12.2. The van der Waals surface area contributed by atoms with Crippen LogP contribution in [0.2, 0.25) is 0 Å². The van der Waals surface area contributed by atoms with Gasteiger partial charge in [0.25, 0.3) is 10.0 Å². The van der Waals surface area contributed by atoms with Crippen LogP contribution in [0.4, 0.5) is 19.8 Å². The zero-order valence-corrected chi connectivity index (χ0v) is 19.8. The number of aryl methyl sites for hydroxylation is 1. The third-order valence-corrected chi connectivity index (χ3v) is 6.76. The van der Waals surface area contributed by atoms with E-state index < -0.39 is 38.5 Å². The summed E-state index contributed by atoms with van der Waals surface area (Å²) in [7, 11) is -4.73. The number of rotatable bonds is 4. The number of carbonyl (C=O) groups excluding carboxylic acids is 2. The van der Waals surface area contributed by atoms with Crippen molar-refractivity contribution in [2.75, 3.05) is 17.4 Å². The Bertz CT molecular complexity index is 1110. The van der Waals surface area contributed by atoms with E-state index in [1.807, 2.05) is 0 Å². The summed E-state index contributed by atoms with van der Waals surface area (Å²) in [6.45, 7) is 7.29. The second-order valence-corrected chi connectivity index (χ2v) is 10.7. The first-order valence-electron chi connectivity index (χ1n) is 9.83. The van der Waals surface area contributed by atoms with Crippen LogP contribution in [0.15, 0.2) is 27.9 Å². The summed E-state index contributed by atoms with van der Waals surface area (Å²) in [5.74, 6) is -1.50. The quantitative estimate of drug-likeness (QED) is 0.635. The molecule has 1 aromatic carbocycles. The van der Waals surface area contributed by atoms with Gasteiger partial charge in [0, 0.05) is 24.5 Å². The molecule has 1 saturated heterocycles. The monoisotopic (exact) mass is 485 g/mol. The number of halogens is 1. The Balaban J connectivity index is 1.97. The van der Waals surface area contributed by atoms with Crippen molar-refractivity contribution in [3.05, 3.63) is 34.4 Å². The zero-order valence-electron chi connectivity index (χ0n) is 18.1. The number of ether oxygens (including phenoxy) is 2. The van der Waals surface area contributed by atoms with Gasteiger partial charge in [-0.2, -0.15) is 0 Å². The highest BCUT2D eigenvalue weighted by atomic mass is 32.2. The molecule has 3 rings (SSSR count). The first-order chi connectivity index (χ1) is 14.9. The van der Waals surface area contributed by atoms with Crippen molar-refractivity contribution < 1.29 is 31.9 Å². The third kappa shape index (κ3) is 5.18. The Hall–Kier alpha value is -2.73. The highest BCUT2D eigenvalue weighted by Crippen LogP contribution is 2.31. The van der Waals surface area contributed by atoms with Crippen molar-refractivity contribution in [2.45, 2.75) is 51.0 Å². The summed E-state index contributed by atoms with van der Waals surface area (Å²) in [5, 5.41) is 1.33. The molecule has 32 heavy (non-hydrogen) atoms. The van der Waals surface area contributed by atoms with Crippen LogP contribution in [0.3, 0.4) is 0 Å². The minimum Gasteiger partial charge on any atom is -0.443 e. The molecule has 0 bridgehead atoms. The second kappa shape index (κ2) is 9.02. The summed E-state index contributed by atoms with van der Waals surface area (Å²) >= 11 is 1.06. The number of hydrogen-bond acceptors (Lipinski definition) is 8. The maximum Gasteiger partial charge on any atom is 0.430 e. The van der Waals surface area contributed by atoms with Crippen LogP contribution in [0.1, 0.15) is 39.2 Å². The highest BCUT2D eigenvalue weighted by molar-refractivity contribution is 7.93. The van der Waals surface area contributed by atoms with Gasteiger partial charge in [-0.05, 0) is 52.2 Å². The molecule has 0 radical (unpaired) electrons. The molecule has 2 amide bonds. The summed E-state index contributed by atoms with van der Waals surface area (Å²) < 4.78 is 52.4. The van der Waals surface area contributed by atoms with E-state index in [0.29, 0.717) is 17.4 Å². The topological polar surface area (TPSA) is 106 Å². The SMILES string of the molecule is Cc1cc(S(=O)(=O)N(C(=O)OC(C)(C)C)c2cscn2)c(F)cc1OC(=O)N1CCCC1. The molecule has 0 N–H and O–H groups in total. The van der Waals surface area contributed by atoms with Gasteiger partial charge < -0.3 is 14.4 Å². The number of thiazole rings is 1. The van der Waals surface area contributed by atoms with Gasteiger partial charge in [0.05, 0.1) is 5.51 Å². The van der Waals surface area contributed by atoms with Gasteiger partial charge in [0.1, 0.15) is 22.1 Å². The largest absolute Gasteiger partial charge is 0.443 e. The Morgan fingerprint density at radius 1 is 1.22 bits per heavy atom. The number of aromatic nitrogens is 1. The van der Waals surface area contributed by atoms with E-state index >= 15 is 0 Å². The number of sulfonamides is 1. The molecule has 12 heteroatoms. The number of carbonyl (C=O) groups is 2. The Kier molecular flexibility index (Phi) is 6.75. The fourth-order valence-corrected chi connectivity index (χ4v) is 5.02. The molecule has 1 aliphatic heterocycles. The molecule has 0 spiro atoms. The lowest BCUT2D eigenvalue weighted by atomic mass is 10.2. The average Bonchev–Trinajstić information content (AvgIpc) is 3.36. The number of nitrogens with zero attached hydrogens (tertiary/aromatic N) is 3. The molecule has 1 aromatic heterocycles. The highest BCUT2D eigenvalue weighted by Gasteiger charge is 2.38. The summed E-state index contributed by atoms with van der Waals surface area (Å²) in [6, 6.07) is 1.84. The van der Waals surface area contributed by atoms with Crippen molar-refractivity contribution in [1.82, 2.24) is 9.88 Å². The Morgan fingerprint density at radius 3 is 2.44 bits per heavy atom. The summed E-state index contributed by atoms with van der Waals surface area (Å²) in [5.41, 5.74) is 0.549. The van der Waals surface area contributed by atoms with Crippen molar-refractivity contribution >= 4 is 39.4 Å². The number of anilines is 1. The lowest BCUT2D eigenvalue weighted by Gasteiger charge is -2.26. The van der Waals surface area contributed by atoms with Crippen LogP contribution in [0, 0.1) is 12.7 Å². The predicted molar refractivity (Wildman–Crippen MR) is 116 cm³/mol. The molecule has 1 fully saturated rings. The van der Waals surface area contributed by atoms with E-state index in [4.69, 9.17) is 9.47 Å². The number of likely N-dealkylation sites (tertiary alicyclic amines) is 1. The fraction of sp³-hybridized carbons (Fsp3) is 0.450. The lowest BCUT2D eigenvalue weighted by molar-refractivity contribution is 0.0608. The fourth-order valence-electron chi connectivity index (χ4n) is 3.03. The van der Waals surface area contributed by atoms with E-state index in [-0.39, 0.29) is 17.1 Å². The third-order valence-electron chi connectivity index (χ3n) is 4.50. The standard InChI is InChI=1S/C20H24FN3O6S2/c1-13-9-16(14(21)10-15(13)29-18(25)23-7-5-6-8-23)32(27,28)24(17-11-31-12-22-17)19(26)30-20(2,3)4/h9-12H,5-8H2,1-4H3. The molecule has 0 aliphatic carbocycles. The average molecular weight is 486 g/mol. The van der Waals surface area contributed by atoms with Gasteiger partial charge in [0.15, 0.2) is 5.82 Å². The number of hydrogen-bond donors (Lipinski definition) is 0. The number of amides is 2. The molecule has 1 aliphatic rings. The smallest absolute Gasteiger partial charge is 0.430 e. The lowest BCUT2D eigenvalue weighted by Crippen LogP contribution is -2.41. The van der Waals surface area contributed by atoms with E-state index in [0.717, 1.165) is 36.3 Å². The van der Waals surface area contributed by atoms with Gasteiger partial charge >= 0.3 is 12.2 Å². The summed E-state index contributed by atoms with van der Waals surface area (Å²) in [4.78, 5) is 29.6. The van der Waals surface area contributed by atoms with Crippen molar-refractivity contribution in [3.63, 3.8) is 0 Å². The van der Waals surface area contributed by atoms with Crippen LogP contribution < -0.4 is 9.04 Å². The van der Waals surface area contributed by atoms with Gasteiger partial charge in [-0.3, -0.25) is 0 Å². The molecule has 0 saturated carbocycles. The van der Waals surface area contributed by atoms with Gasteiger partial charge in [-0.15, -0.1) is 15.6 Å². The van der Waals surface area contributed by atoms with Crippen LogP contribution in [-0.4, -0.2) is 49.2 Å². The molecule has 2 heterocycles. The zero-order chi connectivity index (χ0) is 23.7. The number of benzene rings is 1. The van der Waals surface area contributed by atoms with E-state index in [1.54, 1.807) is 20.8 Å². The van der Waals surface area contributed by atoms with Crippen LogP contribution in [-0.2, 0) is 14.8 Å². The van der Waals surface area contributed by atoms with Crippen molar-refractivity contribution in [2.24, 2.45) is 0 Å². The maximum absolute atomic E-state index is 15.0. The van der Waals surface area contributed by atoms with Crippen LogP contribution in [0.5, 0.6) is 5.75 Å². The van der Waals surface area contributed by atoms with E-state index in [1.165, 1.54) is 22.7 Å². The minimum atomic E-state index is -4.73. The molecule has 0 unspecified atom stereocenters. The normalized spacial score (nSPS) is 14.3. The Morgan fingerprint density at radius 2 is 1.88 bits per heavy atom. The Labute approximate surface area is 189 Å². The van der Waals surface area contributed by atoms with Gasteiger partial charge in [0.2, 0.25) is 0 Å². The molecule has 0 atom stereocenters. The van der Waals surface area contributed by atoms with Crippen LogP contribution >= 0.6 is 11.3 Å². The molecule has 174 valence electrons. The van der Waals surface area contributed by atoms with Gasteiger partial charge in [-0.25, -0.2) is 27.4 Å². The first kappa shape index (κ1) is 23.9. The molecule has 2 aromatic rings. The predicted octanol–water partition coefficient (Wildman–Crippen LogP) is 4.32. The molecular weight excluding hydrogens is 461 g/mol. The van der Waals surface area contributed by atoms with Crippen LogP contribution in [0.25, 0.3) is 0 Å². The van der Waals surface area contributed by atoms with E-state index in [2.05, 4.69) is 4.98 Å². The maximum atomic E-state index is 15.0. The van der Waals surface area contributed by atoms with E-state index in [9.17, 15) is 22.4 Å².